The van der Waals surface area contributed by atoms with Gasteiger partial charge in [-0.3, -0.25) is 19.1 Å². The van der Waals surface area contributed by atoms with Crippen LogP contribution in [0.25, 0.3) is 11.3 Å². The van der Waals surface area contributed by atoms with E-state index in [1.54, 1.807) is 29.4 Å². The first-order chi connectivity index (χ1) is 16.1. The molecule has 3 aromatic rings. The molecule has 8 nitrogen and oxygen atoms in total. The second kappa shape index (κ2) is 9.05. The summed E-state index contributed by atoms with van der Waals surface area (Å²) in [5.74, 6) is 1.53. The summed E-state index contributed by atoms with van der Waals surface area (Å²) >= 11 is 0. The molecule has 8 heteroatoms. The van der Waals surface area contributed by atoms with Crippen LogP contribution in [0.5, 0.6) is 11.5 Å². The van der Waals surface area contributed by atoms with Crippen molar-refractivity contribution in [2.24, 2.45) is 5.92 Å². The molecule has 2 atom stereocenters. The largest absolute Gasteiger partial charge is 0.482 e. The van der Waals surface area contributed by atoms with Gasteiger partial charge in [0.25, 0.3) is 11.5 Å². The maximum Gasteiger partial charge on any atom is 0.267 e. The van der Waals surface area contributed by atoms with E-state index < -0.39 is 6.10 Å². The third kappa shape index (κ3) is 4.46. The number of para-hydroxylation sites is 2. The highest BCUT2D eigenvalue weighted by atomic mass is 16.6. The summed E-state index contributed by atoms with van der Waals surface area (Å²) in [7, 11) is 0. The van der Waals surface area contributed by atoms with Crippen LogP contribution < -0.4 is 15.0 Å². The number of pyridine rings is 1. The molecule has 2 aliphatic rings. The molecule has 2 aromatic heterocycles. The summed E-state index contributed by atoms with van der Waals surface area (Å²) in [6, 6.07) is 12.6. The minimum Gasteiger partial charge on any atom is -0.482 e. The van der Waals surface area contributed by atoms with Gasteiger partial charge in [0.15, 0.2) is 11.5 Å². The van der Waals surface area contributed by atoms with Crippen LogP contribution in [0, 0.1) is 5.92 Å². The Morgan fingerprint density at radius 2 is 1.76 bits per heavy atom. The number of carbonyl (C=O) groups excluding carboxylic acids is 1. The van der Waals surface area contributed by atoms with Crippen molar-refractivity contribution in [3.05, 3.63) is 71.5 Å². The van der Waals surface area contributed by atoms with Crippen LogP contribution in [0.2, 0.25) is 0 Å². The van der Waals surface area contributed by atoms with Gasteiger partial charge in [0.1, 0.15) is 6.10 Å². The number of hydrogen-bond donors (Lipinski definition) is 0. The zero-order chi connectivity index (χ0) is 22.8. The second-order valence-electron chi connectivity index (χ2n) is 8.58. The number of benzene rings is 1. The van der Waals surface area contributed by atoms with E-state index in [1.165, 1.54) is 0 Å². The normalized spacial score (nSPS) is 20.5. The van der Waals surface area contributed by atoms with Crippen molar-refractivity contribution in [2.75, 3.05) is 13.1 Å². The van der Waals surface area contributed by atoms with Gasteiger partial charge in [-0.2, -0.15) is 0 Å². The molecule has 0 N–H and O–H groups in total. The molecule has 33 heavy (non-hydrogen) atoms. The van der Waals surface area contributed by atoms with E-state index in [0.717, 1.165) is 18.4 Å². The molecule has 1 aromatic carbocycles. The van der Waals surface area contributed by atoms with Crippen LogP contribution in [0.4, 0.5) is 0 Å². The topological polar surface area (TPSA) is 86.6 Å². The SMILES string of the molecule is CC1Oc2ccccc2OC1C(=O)N1CCC(Cn2cnc(-c3ccncc3)cc2=O)CC1. The molecule has 0 radical (unpaired) electrons. The lowest BCUT2D eigenvalue weighted by Crippen LogP contribution is -2.52. The van der Waals surface area contributed by atoms with Crippen molar-refractivity contribution in [2.45, 2.75) is 38.5 Å². The standard InChI is InChI=1S/C25H26N4O4/c1-17-24(33-22-5-3-2-4-21(22)32-17)25(31)28-12-8-18(9-13-28)15-29-16-27-20(14-23(29)30)19-6-10-26-11-7-19/h2-7,10-11,14,16-18,24H,8-9,12-13,15H2,1H3. The Labute approximate surface area is 191 Å². The lowest BCUT2D eigenvalue weighted by molar-refractivity contribution is -0.145. The third-order valence-electron chi connectivity index (χ3n) is 6.32. The fraction of sp³-hybridized carbons (Fsp3) is 0.360. The van der Waals surface area contributed by atoms with Crippen molar-refractivity contribution in [3.8, 4) is 22.8 Å². The number of carbonyl (C=O) groups is 1. The summed E-state index contributed by atoms with van der Waals surface area (Å²) in [4.78, 5) is 36.0. The number of aromatic nitrogens is 3. The summed E-state index contributed by atoms with van der Waals surface area (Å²) in [5, 5.41) is 0. The van der Waals surface area contributed by atoms with Gasteiger partial charge in [-0.15, -0.1) is 0 Å². The summed E-state index contributed by atoms with van der Waals surface area (Å²) in [5.41, 5.74) is 1.44. The van der Waals surface area contributed by atoms with Gasteiger partial charge in [0, 0.05) is 43.7 Å². The van der Waals surface area contributed by atoms with Crippen LogP contribution in [0.1, 0.15) is 19.8 Å². The number of nitrogens with zero attached hydrogens (tertiary/aromatic N) is 4. The zero-order valence-electron chi connectivity index (χ0n) is 18.5. The van der Waals surface area contributed by atoms with Crippen molar-refractivity contribution in [1.29, 1.82) is 0 Å². The second-order valence-corrected chi connectivity index (χ2v) is 8.58. The van der Waals surface area contributed by atoms with Gasteiger partial charge >= 0.3 is 0 Å². The van der Waals surface area contributed by atoms with E-state index in [1.807, 2.05) is 48.2 Å². The first-order valence-electron chi connectivity index (χ1n) is 11.3. The van der Waals surface area contributed by atoms with Crippen LogP contribution >= 0.6 is 0 Å². The average molecular weight is 447 g/mol. The minimum absolute atomic E-state index is 0.0454. The molecule has 1 fully saturated rings. The highest BCUT2D eigenvalue weighted by Crippen LogP contribution is 2.34. The van der Waals surface area contributed by atoms with Crippen molar-refractivity contribution >= 4 is 5.91 Å². The van der Waals surface area contributed by atoms with Crippen molar-refractivity contribution in [1.82, 2.24) is 19.4 Å². The van der Waals surface area contributed by atoms with Gasteiger partial charge in [-0.25, -0.2) is 4.98 Å². The highest BCUT2D eigenvalue weighted by Gasteiger charge is 2.37. The third-order valence-corrected chi connectivity index (χ3v) is 6.32. The van der Waals surface area contributed by atoms with E-state index in [2.05, 4.69) is 9.97 Å². The maximum absolute atomic E-state index is 13.1. The van der Waals surface area contributed by atoms with Gasteiger partial charge in [0.05, 0.1) is 12.0 Å². The molecule has 0 spiro atoms. The maximum atomic E-state index is 13.1. The van der Waals surface area contributed by atoms with Crippen molar-refractivity contribution in [3.63, 3.8) is 0 Å². The number of amides is 1. The molecular weight excluding hydrogens is 420 g/mol. The zero-order valence-corrected chi connectivity index (χ0v) is 18.5. The molecule has 0 saturated carbocycles. The molecule has 5 rings (SSSR count). The van der Waals surface area contributed by atoms with Gasteiger partial charge in [-0.05, 0) is 49.9 Å². The average Bonchev–Trinajstić information content (AvgIpc) is 2.85. The number of hydrogen-bond acceptors (Lipinski definition) is 6. The summed E-state index contributed by atoms with van der Waals surface area (Å²) < 4.78 is 13.5. The number of ether oxygens (including phenoxy) is 2. The molecule has 2 aliphatic heterocycles. The van der Waals surface area contributed by atoms with Crippen LogP contribution in [-0.2, 0) is 11.3 Å². The molecule has 0 aliphatic carbocycles. The molecule has 4 heterocycles. The Kier molecular flexibility index (Phi) is 5.81. The molecule has 2 unspecified atom stereocenters. The lowest BCUT2D eigenvalue weighted by atomic mass is 9.96. The first-order valence-corrected chi connectivity index (χ1v) is 11.3. The molecule has 1 amide bonds. The van der Waals surface area contributed by atoms with Gasteiger partial charge < -0.3 is 14.4 Å². The Morgan fingerprint density at radius 3 is 2.45 bits per heavy atom. The lowest BCUT2D eigenvalue weighted by Gasteiger charge is -2.37. The fourth-order valence-electron chi connectivity index (χ4n) is 4.43. The minimum atomic E-state index is -0.649. The highest BCUT2D eigenvalue weighted by molar-refractivity contribution is 5.82. The van der Waals surface area contributed by atoms with Crippen molar-refractivity contribution < 1.29 is 14.3 Å². The number of piperidine rings is 1. The molecule has 1 saturated heterocycles. The van der Waals surface area contributed by atoms with Gasteiger partial charge in [-0.1, -0.05) is 12.1 Å². The predicted octanol–water partition coefficient (Wildman–Crippen LogP) is 2.77. The van der Waals surface area contributed by atoms with Crippen LogP contribution in [0.3, 0.4) is 0 Å². The molecular formula is C25H26N4O4. The quantitative estimate of drug-likeness (QED) is 0.613. The van der Waals surface area contributed by atoms with E-state index in [-0.39, 0.29) is 17.6 Å². The Bertz CT molecular complexity index is 1190. The fourth-order valence-corrected chi connectivity index (χ4v) is 4.43. The van der Waals surface area contributed by atoms with E-state index >= 15 is 0 Å². The number of rotatable bonds is 4. The van der Waals surface area contributed by atoms with Gasteiger partial charge in [0.2, 0.25) is 6.10 Å². The Morgan fingerprint density at radius 1 is 1.06 bits per heavy atom. The monoisotopic (exact) mass is 446 g/mol. The molecule has 0 bridgehead atoms. The summed E-state index contributed by atoms with van der Waals surface area (Å²) in [6.45, 7) is 3.72. The Hall–Kier alpha value is -3.68. The number of likely N-dealkylation sites (tertiary alicyclic amines) is 1. The number of fused-ring (bicyclic) bond motifs is 1. The smallest absolute Gasteiger partial charge is 0.267 e. The van der Waals surface area contributed by atoms with E-state index in [0.29, 0.717) is 42.7 Å². The van der Waals surface area contributed by atoms with Crippen LogP contribution in [0.15, 0.2) is 66.0 Å². The van der Waals surface area contributed by atoms with Crippen LogP contribution in [-0.4, -0.2) is 50.6 Å². The van der Waals surface area contributed by atoms with E-state index in [9.17, 15) is 9.59 Å². The Balaban J connectivity index is 1.19. The predicted molar refractivity (Wildman–Crippen MR) is 122 cm³/mol. The molecule has 170 valence electrons. The first kappa shape index (κ1) is 21.2. The summed E-state index contributed by atoms with van der Waals surface area (Å²) in [6.07, 6.45) is 5.62. The van der Waals surface area contributed by atoms with E-state index in [4.69, 9.17) is 9.47 Å².